The molecule has 0 aliphatic rings. The predicted molar refractivity (Wildman–Crippen MR) is 65.7 cm³/mol. The van der Waals surface area contributed by atoms with E-state index in [2.05, 4.69) is 20.9 Å². The van der Waals surface area contributed by atoms with Crippen LogP contribution in [0.5, 0.6) is 0 Å². The highest BCUT2D eigenvalue weighted by Crippen LogP contribution is 2.11. The smallest absolute Gasteiger partial charge is 0.301 e. The second-order valence-corrected chi connectivity index (χ2v) is 4.28. The van der Waals surface area contributed by atoms with Gasteiger partial charge in [-0.05, 0) is 22.0 Å². The minimum atomic E-state index is -0.550. The molecule has 0 aliphatic heterocycles. The molecule has 2 rings (SSSR count). The Morgan fingerprint density at radius 1 is 1.61 bits per heavy atom. The Bertz CT molecular complexity index is 634. The Morgan fingerprint density at radius 3 is 3.11 bits per heavy atom. The summed E-state index contributed by atoms with van der Waals surface area (Å²) < 4.78 is 6.72. The highest BCUT2D eigenvalue weighted by molar-refractivity contribution is 9.10. The van der Waals surface area contributed by atoms with Gasteiger partial charge in [-0.15, -0.1) is 0 Å². The van der Waals surface area contributed by atoms with Gasteiger partial charge in [0.2, 0.25) is 0 Å². The van der Waals surface area contributed by atoms with Gasteiger partial charge in [0.25, 0.3) is 5.56 Å². The molecule has 18 heavy (non-hydrogen) atoms. The van der Waals surface area contributed by atoms with Crippen LogP contribution in [0.3, 0.4) is 0 Å². The number of nitrogens with one attached hydrogen (secondary N) is 1. The molecule has 0 unspecified atom stereocenters. The first-order valence-corrected chi connectivity index (χ1v) is 5.70. The van der Waals surface area contributed by atoms with Crippen molar-refractivity contribution in [3.05, 3.63) is 51.0 Å². The number of hydrazine groups is 1. The molecule has 0 spiro atoms. The van der Waals surface area contributed by atoms with Crippen LogP contribution >= 0.6 is 15.9 Å². The van der Waals surface area contributed by atoms with E-state index in [9.17, 15) is 9.59 Å². The lowest BCUT2D eigenvalue weighted by Crippen LogP contribution is -2.31. The maximum Gasteiger partial charge on any atom is 0.301 e. The Hall–Kier alpha value is -1.93. The molecule has 0 aliphatic carbocycles. The lowest BCUT2D eigenvalue weighted by molar-refractivity contribution is 0.0924. The van der Waals surface area contributed by atoms with Crippen molar-refractivity contribution in [3.63, 3.8) is 0 Å². The summed E-state index contributed by atoms with van der Waals surface area (Å²) in [7, 11) is 0. The van der Waals surface area contributed by atoms with Crippen molar-refractivity contribution in [2.45, 2.75) is 6.54 Å². The quantitative estimate of drug-likeness (QED) is 0.480. The zero-order chi connectivity index (χ0) is 13.1. The SMILES string of the molecule is NNC(=O)c1occc1Cn1cncc(Br)c1=O. The number of carbonyl (C=O) groups is 1. The molecule has 7 nitrogen and oxygen atoms in total. The van der Waals surface area contributed by atoms with E-state index in [1.54, 1.807) is 6.07 Å². The zero-order valence-electron chi connectivity index (χ0n) is 9.09. The molecule has 94 valence electrons. The van der Waals surface area contributed by atoms with Crippen LogP contribution in [0, 0.1) is 0 Å². The number of halogens is 1. The van der Waals surface area contributed by atoms with E-state index in [0.717, 1.165) is 0 Å². The third-order valence-electron chi connectivity index (χ3n) is 2.28. The summed E-state index contributed by atoms with van der Waals surface area (Å²) in [5.41, 5.74) is 2.27. The Labute approximate surface area is 110 Å². The molecular formula is C10H9BrN4O3. The van der Waals surface area contributed by atoms with E-state index < -0.39 is 5.91 Å². The van der Waals surface area contributed by atoms with Crippen molar-refractivity contribution in [1.29, 1.82) is 0 Å². The lowest BCUT2D eigenvalue weighted by atomic mass is 10.2. The average molecular weight is 313 g/mol. The largest absolute Gasteiger partial charge is 0.459 e. The fraction of sp³-hybridized carbons (Fsp3) is 0.100. The van der Waals surface area contributed by atoms with Crippen molar-refractivity contribution >= 4 is 21.8 Å². The fourth-order valence-electron chi connectivity index (χ4n) is 1.45. The maximum absolute atomic E-state index is 11.8. The number of nitrogens with two attached hydrogens (primary N) is 1. The molecule has 0 saturated carbocycles. The van der Waals surface area contributed by atoms with Crippen molar-refractivity contribution in [1.82, 2.24) is 15.0 Å². The second-order valence-electron chi connectivity index (χ2n) is 3.42. The summed E-state index contributed by atoms with van der Waals surface area (Å²) in [4.78, 5) is 27.0. The van der Waals surface area contributed by atoms with Gasteiger partial charge in [-0.2, -0.15) is 0 Å². The third kappa shape index (κ3) is 2.34. The van der Waals surface area contributed by atoms with Gasteiger partial charge >= 0.3 is 5.91 Å². The van der Waals surface area contributed by atoms with Crippen molar-refractivity contribution in [2.75, 3.05) is 0 Å². The second kappa shape index (κ2) is 5.15. The molecule has 3 N–H and O–H groups in total. The molecular weight excluding hydrogens is 304 g/mol. The molecule has 0 bridgehead atoms. The van der Waals surface area contributed by atoms with E-state index in [4.69, 9.17) is 10.3 Å². The molecule has 2 aromatic heterocycles. The molecule has 0 fully saturated rings. The number of hydrogen-bond donors (Lipinski definition) is 2. The first-order valence-electron chi connectivity index (χ1n) is 4.90. The maximum atomic E-state index is 11.8. The van der Waals surface area contributed by atoms with Crippen LogP contribution in [0.25, 0.3) is 0 Å². The van der Waals surface area contributed by atoms with E-state index in [0.29, 0.717) is 10.0 Å². The van der Waals surface area contributed by atoms with Crippen LogP contribution in [-0.4, -0.2) is 15.5 Å². The Kier molecular flexibility index (Phi) is 3.58. The number of rotatable bonds is 3. The number of nitrogen functional groups attached to an aromatic ring is 1. The van der Waals surface area contributed by atoms with E-state index in [-0.39, 0.29) is 17.9 Å². The first kappa shape index (κ1) is 12.5. The molecule has 1 amide bonds. The van der Waals surface area contributed by atoms with Crippen molar-refractivity contribution in [2.24, 2.45) is 5.84 Å². The van der Waals surface area contributed by atoms with Gasteiger partial charge in [-0.3, -0.25) is 19.6 Å². The van der Waals surface area contributed by atoms with Gasteiger partial charge in [0.15, 0.2) is 5.76 Å². The molecule has 2 aromatic rings. The fourth-order valence-corrected chi connectivity index (χ4v) is 1.79. The molecule has 0 atom stereocenters. The molecule has 0 radical (unpaired) electrons. The number of amides is 1. The summed E-state index contributed by atoms with van der Waals surface area (Å²) in [5.74, 6) is 4.56. The number of hydrogen-bond acceptors (Lipinski definition) is 5. The van der Waals surface area contributed by atoms with E-state index in [1.807, 2.05) is 5.43 Å². The van der Waals surface area contributed by atoms with E-state index in [1.165, 1.54) is 23.4 Å². The van der Waals surface area contributed by atoms with E-state index >= 15 is 0 Å². The summed E-state index contributed by atoms with van der Waals surface area (Å²) in [5, 5.41) is 0. The standard InChI is InChI=1S/C10H9BrN4O3/c11-7-3-13-5-15(10(7)17)4-6-1-2-18-8(6)9(16)14-12/h1-3,5H,4,12H2,(H,14,16). The topological polar surface area (TPSA) is 103 Å². The van der Waals surface area contributed by atoms with Crippen LogP contribution in [0.15, 0.2) is 38.5 Å². The highest BCUT2D eigenvalue weighted by atomic mass is 79.9. The number of furan rings is 1. The Morgan fingerprint density at radius 2 is 2.39 bits per heavy atom. The van der Waals surface area contributed by atoms with Gasteiger partial charge in [0.1, 0.15) is 4.47 Å². The number of nitrogens with zero attached hydrogens (tertiary/aromatic N) is 2. The summed E-state index contributed by atoms with van der Waals surface area (Å²) in [6, 6.07) is 1.60. The van der Waals surface area contributed by atoms with Crippen LogP contribution < -0.4 is 16.8 Å². The molecule has 8 heteroatoms. The number of aromatic nitrogens is 2. The van der Waals surface area contributed by atoms with Crippen LogP contribution in [0.2, 0.25) is 0 Å². The summed E-state index contributed by atoms with van der Waals surface area (Å²) in [6.07, 6.45) is 4.14. The molecule has 2 heterocycles. The first-order chi connectivity index (χ1) is 8.63. The van der Waals surface area contributed by atoms with Gasteiger partial charge in [-0.25, -0.2) is 10.8 Å². The van der Waals surface area contributed by atoms with Crippen molar-refractivity contribution in [3.8, 4) is 0 Å². The molecule has 0 aromatic carbocycles. The average Bonchev–Trinajstić information content (AvgIpc) is 2.82. The van der Waals surface area contributed by atoms with Crippen LogP contribution in [-0.2, 0) is 6.54 Å². The van der Waals surface area contributed by atoms with Gasteiger partial charge < -0.3 is 4.42 Å². The summed E-state index contributed by atoms with van der Waals surface area (Å²) in [6.45, 7) is 0.171. The minimum absolute atomic E-state index is 0.0735. The Balaban J connectivity index is 2.35. The normalized spacial score (nSPS) is 10.3. The van der Waals surface area contributed by atoms with Gasteiger partial charge in [0, 0.05) is 11.8 Å². The highest BCUT2D eigenvalue weighted by Gasteiger charge is 2.15. The van der Waals surface area contributed by atoms with Crippen LogP contribution in [0.1, 0.15) is 16.1 Å². The third-order valence-corrected chi connectivity index (χ3v) is 2.83. The summed E-state index contributed by atoms with van der Waals surface area (Å²) >= 11 is 3.09. The van der Waals surface area contributed by atoms with Gasteiger partial charge in [-0.1, -0.05) is 0 Å². The van der Waals surface area contributed by atoms with Crippen LogP contribution in [0.4, 0.5) is 0 Å². The lowest BCUT2D eigenvalue weighted by Gasteiger charge is -2.05. The minimum Gasteiger partial charge on any atom is -0.459 e. The number of carbonyl (C=O) groups excluding carboxylic acids is 1. The predicted octanol–water partition coefficient (Wildman–Crippen LogP) is 0.251. The monoisotopic (exact) mass is 312 g/mol. The molecule has 0 saturated heterocycles. The zero-order valence-corrected chi connectivity index (χ0v) is 10.7. The van der Waals surface area contributed by atoms with Crippen molar-refractivity contribution < 1.29 is 9.21 Å². The van der Waals surface area contributed by atoms with Gasteiger partial charge in [0.05, 0.1) is 19.1 Å².